The summed E-state index contributed by atoms with van der Waals surface area (Å²) in [5.41, 5.74) is 3.22. The SMILES string of the molecule is CC(c1ccccc1)N(Cc1cccc(F)c1)Cc1nc(C(=O)NCc2ccccc2)co1. The van der Waals surface area contributed by atoms with Crippen LogP contribution < -0.4 is 5.32 Å². The minimum Gasteiger partial charge on any atom is -0.447 e. The Morgan fingerprint density at radius 1 is 0.970 bits per heavy atom. The maximum absolute atomic E-state index is 13.8. The van der Waals surface area contributed by atoms with Gasteiger partial charge in [0.15, 0.2) is 5.69 Å². The van der Waals surface area contributed by atoms with Crippen LogP contribution in [0, 0.1) is 5.82 Å². The van der Waals surface area contributed by atoms with E-state index in [2.05, 4.69) is 34.3 Å². The molecule has 0 spiro atoms. The Morgan fingerprint density at radius 2 is 1.67 bits per heavy atom. The van der Waals surface area contributed by atoms with Crippen LogP contribution in [0.2, 0.25) is 0 Å². The lowest BCUT2D eigenvalue weighted by atomic mass is 10.1. The summed E-state index contributed by atoms with van der Waals surface area (Å²) in [6.07, 6.45) is 1.38. The summed E-state index contributed by atoms with van der Waals surface area (Å²) >= 11 is 0. The van der Waals surface area contributed by atoms with Gasteiger partial charge in [-0.3, -0.25) is 9.69 Å². The standard InChI is InChI=1S/C27H26FN3O2/c1-20(23-12-6-3-7-13-23)31(17-22-11-8-14-24(28)15-22)18-26-30-25(19-33-26)27(32)29-16-21-9-4-2-5-10-21/h2-15,19-20H,16-18H2,1H3,(H,29,32). The lowest BCUT2D eigenvalue weighted by molar-refractivity contribution is 0.0945. The minimum atomic E-state index is -0.290. The molecule has 0 radical (unpaired) electrons. The fraction of sp³-hybridized carbons (Fsp3) is 0.185. The van der Waals surface area contributed by atoms with Crippen LogP contribution in [0.15, 0.2) is 95.6 Å². The predicted octanol–water partition coefficient (Wildman–Crippen LogP) is 5.51. The number of hydrogen-bond acceptors (Lipinski definition) is 4. The molecule has 33 heavy (non-hydrogen) atoms. The van der Waals surface area contributed by atoms with Gasteiger partial charge in [0.1, 0.15) is 12.1 Å². The molecule has 1 amide bonds. The van der Waals surface area contributed by atoms with Crippen molar-refractivity contribution in [3.05, 3.63) is 125 Å². The molecule has 0 saturated heterocycles. The van der Waals surface area contributed by atoms with Crippen LogP contribution in [0.4, 0.5) is 4.39 Å². The Morgan fingerprint density at radius 3 is 2.39 bits per heavy atom. The molecule has 4 rings (SSSR count). The molecule has 0 aliphatic carbocycles. The molecule has 0 aliphatic heterocycles. The van der Waals surface area contributed by atoms with Gasteiger partial charge in [0, 0.05) is 19.1 Å². The first kappa shape index (κ1) is 22.4. The third-order valence-corrected chi connectivity index (χ3v) is 5.52. The van der Waals surface area contributed by atoms with E-state index in [1.165, 1.54) is 18.4 Å². The molecule has 0 bridgehead atoms. The van der Waals surface area contributed by atoms with Gasteiger partial charge >= 0.3 is 0 Å². The number of carbonyl (C=O) groups excluding carboxylic acids is 1. The Bertz CT molecular complexity index is 1180. The third-order valence-electron chi connectivity index (χ3n) is 5.52. The van der Waals surface area contributed by atoms with E-state index in [9.17, 15) is 9.18 Å². The summed E-state index contributed by atoms with van der Waals surface area (Å²) in [5, 5.41) is 2.86. The highest BCUT2D eigenvalue weighted by Gasteiger charge is 2.20. The van der Waals surface area contributed by atoms with Crippen LogP contribution in [-0.4, -0.2) is 15.8 Å². The number of amides is 1. The van der Waals surface area contributed by atoms with E-state index >= 15 is 0 Å². The number of aromatic nitrogens is 1. The van der Waals surface area contributed by atoms with Gasteiger partial charge in [-0.25, -0.2) is 9.37 Å². The fourth-order valence-electron chi connectivity index (χ4n) is 3.67. The van der Waals surface area contributed by atoms with Crippen LogP contribution in [0.1, 0.15) is 46.0 Å². The molecule has 1 unspecified atom stereocenters. The van der Waals surface area contributed by atoms with Crippen molar-refractivity contribution >= 4 is 5.91 Å². The summed E-state index contributed by atoms with van der Waals surface area (Å²) in [4.78, 5) is 19.1. The molecule has 1 N–H and O–H groups in total. The van der Waals surface area contributed by atoms with E-state index < -0.39 is 0 Å². The molecule has 4 aromatic rings. The van der Waals surface area contributed by atoms with Gasteiger partial charge in [0.05, 0.1) is 6.54 Å². The van der Waals surface area contributed by atoms with Crippen molar-refractivity contribution in [3.8, 4) is 0 Å². The molecule has 1 heterocycles. The van der Waals surface area contributed by atoms with Crippen LogP contribution in [0.3, 0.4) is 0 Å². The number of rotatable bonds is 9. The summed E-state index contributed by atoms with van der Waals surface area (Å²) in [6, 6.07) is 26.3. The Labute approximate surface area is 192 Å². The van der Waals surface area contributed by atoms with E-state index in [-0.39, 0.29) is 23.5 Å². The Balaban J connectivity index is 1.47. The van der Waals surface area contributed by atoms with Crippen molar-refractivity contribution < 1.29 is 13.6 Å². The zero-order valence-corrected chi connectivity index (χ0v) is 18.4. The molecule has 3 aromatic carbocycles. The van der Waals surface area contributed by atoms with Crippen molar-refractivity contribution in [1.82, 2.24) is 15.2 Å². The number of oxazole rings is 1. The van der Waals surface area contributed by atoms with E-state index in [0.717, 1.165) is 16.7 Å². The molecule has 168 valence electrons. The van der Waals surface area contributed by atoms with Gasteiger partial charge in [-0.05, 0) is 35.7 Å². The molecule has 0 fully saturated rings. The second-order valence-corrected chi connectivity index (χ2v) is 7.92. The summed E-state index contributed by atoms with van der Waals surface area (Å²) in [5.74, 6) is -0.131. The van der Waals surface area contributed by atoms with Crippen molar-refractivity contribution in [3.63, 3.8) is 0 Å². The molecule has 6 heteroatoms. The average Bonchev–Trinajstić information content (AvgIpc) is 3.32. The van der Waals surface area contributed by atoms with E-state index in [4.69, 9.17) is 4.42 Å². The van der Waals surface area contributed by atoms with Crippen LogP contribution in [0.25, 0.3) is 0 Å². The maximum atomic E-state index is 13.8. The molecule has 0 aliphatic rings. The molecule has 0 saturated carbocycles. The Kier molecular flexibility index (Phi) is 7.27. The van der Waals surface area contributed by atoms with Crippen LogP contribution in [0.5, 0.6) is 0 Å². The van der Waals surface area contributed by atoms with Gasteiger partial charge in [0.2, 0.25) is 5.89 Å². The second-order valence-electron chi connectivity index (χ2n) is 7.92. The minimum absolute atomic E-state index is 0.0247. The van der Waals surface area contributed by atoms with E-state index in [0.29, 0.717) is 25.5 Å². The summed E-state index contributed by atoms with van der Waals surface area (Å²) in [7, 11) is 0. The first-order chi connectivity index (χ1) is 16.1. The van der Waals surface area contributed by atoms with Gasteiger partial charge in [0.25, 0.3) is 5.91 Å². The van der Waals surface area contributed by atoms with E-state index in [1.807, 2.05) is 54.6 Å². The number of carbonyl (C=O) groups is 1. The van der Waals surface area contributed by atoms with Crippen molar-refractivity contribution in [1.29, 1.82) is 0 Å². The first-order valence-corrected chi connectivity index (χ1v) is 10.9. The van der Waals surface area contributed by atoms with Crippen molar-refractivity contribution in [2.75, 3.05) is 0 Å². The van der Waals surface area contributed by atoms with Crippen LogP contribution in [-0.2, 0) is 19.6 Å². The Hall–Kier alpha value is -3.77. The number of halogens is 1. The number of nitrogens with zero attached hydrogens (tertiary/aromatic N) is 2. The van der Waals surface area contributed by atoms with Gasteiger partial charge in [-0.15, -0.1) is 0 Å². The van der Waals surface area contributed by atoms with Crippen molar-refractivity contribution in [2.45, 2.75) is 32.6 Å². The highest BCUT2D eigenvalue weighted by molar-refractivity contribution is 5.91. The lowest BCUT2D eigenvalue weighted by Gasteiger charge is -2.28. The zero-order chi connectivity index (χ0) is 23.0. The molecule has 1 aromatic heterocycles. The van der Waals surface area contributed by atoms with Gasteiger partial charge in [-0.2, -0.15) is 0 Å². The normalized spacial score (nSPS) is 12.0. The lowest BCUT2D eigenvalue weighted by Crippen LogP contribution is -2.27. The molecular formula is C27H26FN3O2. The zero-order valence-electron chi connectivity index (χ0n) is 18.4. The largest absolute Gasteiger partial charge is 0.447 e. The van der Waals surface area contributed by atoms with Crippen LogP contribution >= 0.6 is 0 Å². The summed E-state index contributed by atoms with van der Waals surface area (Å²) < 4.78 is 19.4. The second kappa shape index (κ2) is 10.7. The van der Waals surface area contributed by atoms with Gasteiger partial charge < -0.3 is 9.73 Å². The highest BCUT2D eigenvalue weighted by atomic mass is 19.1. The van der Waals surface area contributed by atoms with Gasteiger partial charge in [-0.1, -0.05) is 72.8 Å². The monoisotopic (exact) mass is 443 g/mol. The topological polar surface area (TPSA) is 58.4 Å². The number of nitrogens with one attached hydrogen (secondary N) is 1. The highest BCUT2D eigenvalue weighted by Crippen LogP contribution is 2.24. The quantitative estimate of drug-likeness (QED) is 0.371. The first-order valence-electron chi connectivity index (χ1n) is 10.9. The van der Waals surface area contributed by atoms with E-state index in [1.54, 1.807) is 6.07 Å². The smallest absolute Gasteiger partial charge is 0.273 e. The predicted molar refractivity (Wildman–Crippen MR) is 125 cm³/mol. The molecular weight excluding hydrogens is 417 g/mol. The number of hydrogen-bond donors (Lipinski definition) is 1. The average molecular weight is 444 g/mol. The fourth-order valence-corrected chi connectivity index (χ4v) is 3.67. The molecule has 1 atom stereocenters. The third kappa shape index (κ3) is 6.14. The van der Waals surface area contributed by atoms with Crippen molar-refractivity contribution in [2.24, 2.45) is 0 Å². The maximum Gasteiger partial charge on any atom is 0.273 e. The number of benzene rings is 3. The summed E-state index contributed by atoms with van der Waals surface area (Å²) in [6.45, 7) is 3.38. The molecule has 5 nitrogen and oxygen atoms in total.